The fraction of sp³-hybridized carbons (Fsp3) is 0.385. The van der Waals surface area contributed by atoms with Gasteiger partial charge >= 0.3 is 0 Å². The first-order valence-corrected chi connectivity index (χ1v) is 5.65. The first kappa shape index (κ1) is 13.2. The molecule has 0 aliphatic heterocycles. The number of carbonyl (C=O) groups is 2. The Morgan fingerprint density at radius 2 is 1.88 bits per heavy atom. The van der Waals surface area contributed by atoms with Gasteiger partial charge in [0.25, 0.3) is 0 Å². The third-order valence-electron chi connectivity index (χ3n) is 2.29. The highest BCUT2D eigenvalue weighted by atomic mass is 16.2. The van der Waals surface area contributed by atoms with E-state index in [4.69, 9.17) is 0 Å². The molecule has 4 nitrogen and oxygen atoms in total. The molecule has 0 unspecified atom stereocenters. The molecule has 2 amide bonds. The van der Waals surface area contributed by atoms with Crippen LogP contribution >= 0.6 is 0 Å². The van der Waals surface area contributed by atoms with Crippen molar-refractivity contribution in [2.45, 2.75) is 26.3 Å². The number of rotatable bonds is 5. The first-order valence-electron chi connectivity index (χ1n) is 5.65. The molecule has 1 atom stereocenters. The Balaban J connectivity index is 2.32. The average molecular weight is 234 g/mol. The molecule has 92 valence electrons. The minimum Gasteiger partial charge on any atom is -0.352 e. The van der Waals surface area contributed by atoms with Crippen LogP contribution in [0.15, 0.2) is 30.3 Å². The molecular weight excluding hydrogens is 216 g/mol. The Hall–Kier alpha value is -1.84. The van der Waals surface area contributed by atoms with E-state index in [0.29, 0.717) is 0 Å². The lowest BCUT2D eigenvalue weighted by molar-refractivity contribution is -0.125. The van der Waals surface area contributed by atoms with Crippen molar-refractivity contribution in [3.63, 3.8) is 0 Å². The number of hydrogen-bond donors (Lipinski definition) is 2. The molecule has 1 aromatic rings. The van der Waals surface area contributed by atoms with Gasteiger partial charge in [0.2, 0.25) is 11.8 Å². The summed E-state index contributed by atoms with van der Waals surface area (Å²) < 4.78 is 0. The van der Waals surface area contributed by atoms with E-state index in [1.807, 2.05) is 37.3 Å². The SMILES string of the molecule is CC(=O)NCC(=O)N[C@@H](C)Cc1ccccc1. The van der Waals surface area contributed by atoms with Crippen molar-refractivity contribution in [2.75, 3.05) is 6.54 Å². The quantitative estimate of drug-likeness (QED) is 0.794. The summed E-state index contributed by atoms with van der Waals surface area (Å²) in [6.07, 6.45) is 0.784. The number of hydrogen-bond acceptors (Lipinski definition) is 2. The van der Waals surface area contributed by atoms with Crippen molar-refractivity contribution < 1.29 is 9.59 Å². The molecule has 17 heavy (non-hydrogen) atoms. The van der Waals surface area contributed by atoms with Crippen LogP contribution in [0.25, 0.3) is 0 Å². The summed E-state index contributed by atoms with van der Waals surface area (Å²) >= 11 is 0. The summed E-state index contributed by atoms with van der Waals surface area (Å²) in [6.45, 7) is 3.37. The topological polar surface area (TPSA) is 58.2 Å². The molecule has 4 heteroatoms. The summed E-state index contributed by atoms with van der Waals surface area (Å²) in [5, 5.41) is 5.29. The predicted molar refractivity (Wildman–Crippen MR) is 66.4 cm³/mol. The van der Waals surface area contributed by atoms with Gasteiger partial charge in [-0.15, -0.1) is 0 Å². The Morgan fingerprint density at radius 3 is 2.47 bits per heavy atom. The van der Waals surface area contributed by atoms with Gasteiger partial charge in [-0.25, -0.2) is 0 Å². The molecule has 0 saturated carbocycles. The molecule has 0 aliphatic carbocycles. The second-order valence-electron chi connectivity index (χ2n) is 4.07. The van der Waals surface area contributed by atoms with E-state index in [1.54, 1.807) is 0 Å². The van der Waals surface area contributed by atoms with E-state index in [0.717, 1.165) is 6.42 Å². The molecule has 0 aliphatic rings. The van der Waals surface area contributed by atoms with E-state index >= 15 is 0 Å². The predicted octanol–water partition coefficient (Wildman–Crippen LogP) is 0.870. The lowest BCUT2D eigenvalue weighted by atomic mass is 10.1. The lowest BCUT2D eigenvalue weighted by Gasteiger charge is -2.14. The van der Waals surface area contributed by atoms with Crippen molar-refractivity contribution in [1.29, 1.82) is 0 Å². The zero-order valence-electron chi connectivity index (χ0n) is 10.2. The van der Waals surface area contributed by atoms with Crippen molar-refractivity contribution in [3.8, 4) is 0 Å². The number of benzene rings is 1. The van der Waals surface area contributed by atoms with Gasteiger partial charge in [-0.2, -0.15) is 0 Å². The minimum absolute atomic E-state index is 0.0362. The molecule has 0 radical (unpaired) electrons. The van der Waals surface area contributed by atoms with Gasteiger partial charge in [0.1, 0.15) is 0 Å². The van der Waals surface area contributed by atoms with Crippen LogP contribution in [0.4, 0.5) is 0 Å². The van der Waals surface area contributed by atoms with E-state index in [2.05, 4.69) is 10.6 Å². The van der Waals surface area contributed by atoms with Crippen LogP contribution in [-0.4, -0.2) is 24.4 Å². The summed E-state index contributed by atoms with van der Waals surface area (Å²) in [4.78, 5) is 22.1. The van der Waals surface area contributed by atoms with Crippen LogP contribution in [0.1, 0.15) is 19.4 Å². The number of nitrogens with one attached hydrogen (secondary N) is 2. The number of carbonyl (C=O) groups excluding carboxylic acids is 2. The van der Waals surface area contributed by atoms with Crippen LogP contribution in [-0.2, 0) is 16.0 Å². The highest BCUT2D eigenvalue weighted by Crippen LogP contribution is 2.02. The molecule has 0 fully saturated rings. The Labute approximate surface area is 101 Å². The summed E-state index contributed by atoms with van der Waals surface area (Å²) in [7, 11) is 0. The van der Waals surface area contributed by atoms with Gasteiger partial charge < -0.3 is 10.6 Å². The largest absolute Gasteiger partial charge is 0.352 e. The first-order chi connectivity index (χ1) is 8.08. The van der Waals surface area contributed by atoms with Crippen molar-refractivity contribution >= 4 is 11.8 Å². The van der Waals surface area contributed by atoms with E-state index in [9.17, 15) is 9.59 Å². The van der Waals surface area contributed by atoms with E-state index in [-0.39, 0.29) is 24.4 Å². The highest BCUT2D eigenvalue weighted by molar-refractivity contribution is 5.83. The van der Waals surface area contributed by atoms with Gasteiger partial charge in [0.05, 0.1) is 6.54 Å². The maximum atomic E-state index is 11.4. The van der Waals surface area contributed by atoms with E-state index < -0.39 is 0 Å². The monoisotopic (exact) mass is 234 g/mol. The third kappa shape index (κ3) is 5.70. The van der Waals surface area contributed by atoms with Crippen LogP contribution in [0.5, 0.6) is 0 Å². The third-order valence-corrected chi connectivity index (χ3v) is 2.29. The molecule has 0 spiro atoms. The van der Waals surface area contributed by atoms with E-state index in [1.165, 1.54) is 12.5 Å². The molecule has 0 bridgehead atoms. The van der Waals surface area contributed by atoms with Crippen LogP contribution in [0, 0.1) is 0 Å². The summed E-state index contributed by atoms with van der Waals surface area (Å²) in [6, 6.07) is 10.0. The summed E-state index contributed by atoms with van der Waals surface area (Å²) in [5.41, 5.74) is 1.18. The average Bonchev–Trinajstić information content (AvgIpc) is 2.27. The van der Waals surface area contributed by atoms with Crippen LogP contribution in [0.3, 0.4) is 0 Å². The minimum atomic E-state index is -0.198. The molecule has 0 heterocycles. The Morgan fingerprint density at radius 1 is 1.24 bits per heavy atom. The maximum Gasteiger partial charge on any atom is 0.239 e. The van der Waals surface area contributed by atoms with Crippen LogP contribution < -0.4 is 10.6 Å². The van der Waals surface area contributed by atoms with Gasteiger partial charge in [-0.05, 0) is 18.9 Å². The second-order valence-corrected chi connectivity index (χ2v) is 4.07. The van der Waals surface area contributed by atoms with Crippen LogP contribution in [0.2, 0.25) is 0 Å². The fourth-order valence-corrected chi connectivity index (χ4v) is 1.55. The number of amides is 2. The summed E-state index contributed by atoms with van der Waals surface area (Å²) in [5.74, 6) is -0.362. The van der Waals surface area contributed by atoms with Gasteiger partial charge in [0, 0.05) is 13.0 Å². The lowest BCUT2D eigenvalue weighted by Crippen LogP contribution is -2.41. The normalized spacial score (nSPS) is 11.6. The zero-order chi connectivity index (χ0) is 12.7. The molecule has 2 N–H and O–H groups in total. The maximum absolute atomic E-state index is 11.4. The van der Waals surface area contributed by atoms with Crippen molar-refractivity contribution in [3.05, 3.63) is 35.9 Å². The molecule has 1 aromatic carbocycles. The standard InChI is InChI=1S/C13H18N2O2/c1-10(8-12-6-4-3-5-7-12)15-13(17)9-14-11(2)16/h3-7,10H,8-9H2,1-2H3,(H,14,16)(H,15,17)/t10-/m0/s1. The molecule has 0 saturated heterocycles. The molecule has 1 rings (SSSR count). The molecular formula is C13H18N2O2. The smallest absolute Gasteiger partial charge is 0.239 e. The Kier molecular flexibility index (Phi) is 5.20. The zero-order valence-corrected chi connectivity index (χ0v) is 10.2. The van der Waals surface area contributed by atoms with Gasteiger partial charge in [-0.1, -0.05) is 30.3 Å². The molecule has 0 aromatic heterocycles. The van der Waals surface area contributed by atoms with Gasteiger partial charge in [-0.3, -0.25) is 9.59 Å². The van der Waals surface area contributed by atoms with Crippen molar-refractivity contribution in [2.24, 2.45) is 0 Å². The van der Waals surface area contributed by atoms with Gasteiger partial charge in [0.15, 0.2) is 0 Å². The second kappa shape index (κ2) is 6.68. The van der Waals surface area contributed by atoms with Crippen molar-refractivity contribution in [1.82, 2.24) is 10.6 Å². The highest BCUT2D eigenvalue weighted by Gasteiger charge is 2.07. The Bertz CT molecular complexity index is 376. The fourth-order valence-electron chi connectivity index (χ4n) is 1.55.